The zero-order chi connectivity index (χ0) is 11.4. The van der Waals surface area contributed by atoms with Crippen LogP contribution in [0.5, 0.6) is 0 Å². The Labute approximate surface area is 97.9 Å². The predicted octanol–water partition coefficient (Wildman–Crippen LogP) is 2.05. The maximum absolute atomic E-state index is 4.47. The molecule has 88 valence electrons. The standard InChI is InChI=1S/C13H21N3/c1-11(14-2)12-7-4-6-10-16(12)13-8-3-5-9-15-13/h3,5,8-9,11-12,14H,4,6-7,10H2,1-2H3. The summed E-state index contributed by atoms with van der Waals surface area (Å²) in [5, 5.41) is 3.36. The normalized spacial score (nSPS) is 23.1. The summed E-state index contributed by atoms with van der Waals surface area (Å²) in [6.07, 6.45) is 5.76. The first-order valence-electron chi connectivity index (χ1n) is 6.18. The summed E-state index contributed by atoms with van der Waals surface area (Å²) >= 11 is 0. The Hall–Kier alpha value is -1.09. The van der Waals surface area contributed by atoms with Crippen molar-refractivity contribution in [2.45, 2.75) is 38.3 Å². The van der Waals surface area contributed by atoms with Crippen LogP contribution in [0.2, 0.25) is 0 Å². The molecule has 1 fully saturated rings. The van der Waals surface area contributed by atoms with Gasteiger partial charge in [0.15, 0.2) is 0 Å². The first-order valence-corrected chi connectivity index (χ1v) is 6.18. The van der Waals surface area contributed by atoms with E-state index in [4.69, 9.17) is 0 Å². The Kier molecular flexibility index (Phi) is 3.78. The Morgan fingerprint density at radius 3 is 3.00 bits per heavy atom. The van der Waals surface area contributed by atoms with Crippen LogP contribution in [-0.2, 0) is 0 Å². The molecule has 3 nitrogen and oxygen atoms in total. The molecule has 0 spiro atoms. The van der Waals surface area contributed by atoms with Gasteiger partial charge < -0.3 is 10.2 Å². The van der Waals surface area contributed by atoms with Gasteiger partial charge in [-0.2, -0.15) is 0 Å². The lowest BCUT2D eigenvalue weighted by atomic mass is 9.96. The molecule has 1 aromatic rings. The van der Waals surface area contributed by atoms with Crippen LogP contribution in [0.25, 0.3) is 0 Å². The third-order valence-corrected chi connectivity index (χ3v) is 3.53. The van der Waals surface area contributed by atoms with E-state index in [1.807, 2.05) is 19.3 Å². The summed E-state index contributed by atoms with van der Waals surface area (Å²) in [6, 6.07) is 7.25. The summed E-state index contributed by atoms with van der Waals surface area (Å²) in [4.78, 5) is 6.92. The number of aromatic nitrogens is 1. The van der Waals surface area contributed by atoms with E-state index < -0.39 is 0 Å². The minimum Gasteiger partial charge on any atom is -0.352 e. The first-order chi connectivity index (χ1) is 7.83. The highest BCUT2D eigenvalue weighted by Crippen LogP contribution is 2.24. The van der Waals surface area contributed by atoms with E-state index in [2.05, 4.69) is 34.3 Å². The zero-order valence-electron chi connectivity index (χ0n) is 10.2. The lowest BCUT2D eigenvalue weighted by Gasteiger charge is -2.40. The summed E-state index contributed by atoms with van der Waals surface area (Å²) in [5.41, 5.74) is 0. The molecule has 0 aliphatic carbocycles. The fourth-order valence-corrected chi connectivity index (χ4v) is 2.48. The van der Waals surface area contributed by atoms with Crippen molar-refractivity contribution in [1.82, 2.24) is 10.3 Å². The van der Waals surface area contributed by atoms with E-state index in [1.54, 1.807) is 0 Å². The van der Waals surface area contributed by atoms with Gasteiger partial charge in [0, 0.05) is 24.8 Å². The molecule has 1 aliphatic heterocycles. The Bertz CT molecular complexity index is 312. The third kappa shape index (κ3) is 2.35. The average molecular weight is 219 g/mol. The van der Waals surface area contributed by atoms with Crippen LogP contribution >= 0.6 is 0 Å². The van der Waals surface area contributed by atoms with Gasteiger partial charge >= 0.3 is 0 Å². The molecule has 1 saturated heterocycles. The molecule has 2 heterocycles. The monoisotopic (exact) mass is 219 g/mol. The summed E-state index contributed by atoms with van der Waals surface area (Å²) < 4.78 is 0. The summed E-state index contributed by atoms with van der Waals surface area (Å²) in [7, 11) is 2.04. The van der Waals surface area contributed by atoms with Gasteiger partial charge in [0.25, 0.3) is 0 Å². The van der Waals surface area contributed by atoms with Crippen LogP contribution in [0.15, 0.2) is 24.4 Å². The lowest BCUT2D eigenvalue weighted by Crippen LogP contribution is -2.50. The molecule has 16 heavy (non-hydrogen) atoms. The molecule has 0 amide bonds. The largest absolute Gasteiger partial charge is 0.352 e. The maximum atomic E-state index is 4.47. The SMILES string of the molecule is CNC(C)C1CCCCN1c1ccccn1. The van der Waals surface area contributed by atoms with Crippen LogP contribution in [0.3, 0.4) is 0 Å². The summed E-state index contributed by atoms with van der Waals surface area (Å²) in [5.74, 6) is 1.12. The van der Waals surface area contributed by atoms with Crippen LogP contribution in [-0.4, -0.2) is 30.7 Å². The highest BCUT2D eigenvalue weighted by Gasteiger charge is 2.27. The molecule has 1 aliphatic rings. The van der Waals surface area contributed by atoms with Crippen molar-refractivity contribution in [3.63, 3.8) is 0 Å². The van der Waals surface area contributed by atoms with E-state index in [0.717, 1.165) is 12.4 Å². The Morgan fingerprint density at radius 2 is 2.31 bits per heavy atom. The molecule has 0 bridgehead atoms. The minimum atomic E-state index is 0.516. The number of pyridine rings is 1. The molecule has 1 N–H and O–H groups in total. The Morgan fingerprint density at radius 1 is 1.44 bits per heavy atom. The second-order valence-corrected chi connectivity index (χ2v) is 4.52. The fourth-order valence-electron chi connectivity index (χ4n) is 2.48. The molecule has 0 saturated carbocycles. The molecule has 1 aromatic heterocycles. The Balaban J connectivity index is 2.16. The van der Waals surface area contributed by atoms with Crippen LogP contribution in [0, 0.1) is 0 Å². The molecular weight excluding hydrogens is 198 g/mol. The van der Waals surface area contributed by atoms with Crippen molar-refractivity contribution in [3.8, 4) is 0 Å². The van der Waals surface area contributed by atoms with Gasteiger partial charge in [0.05, 0.1) is 0 Å². The second-order valence-electron chi connectivity index (χ2n) is 4.52. The van der Waals surface area contributed by atoms with E-state index in [1.165, 1.54) is 19.3 Å². The van der Waals surface area contributed by atoms with Crippen molar-refractivity contribution >= 4 is 5.82 Å². The second kappa shape index (κ2) is 5.30. The lowest BCUT2D eigenvalue weighted by molar-refractivity contribution is 0.380. The van der Waals surface area contributed by atoms with Crippen LogP contribution < -0.4 is 10.2 Å². The predicted molar refractivity (Wildman–Crippen MR) is 67.7 cm³/mol. The molecule has 0 radical (unpaired) electrons. The zero-order valence-corrected chi connectivity index (χ0v) is 10.2. The number of hydrogen-bond acceptors (Lipinski definition) is 3. The average Bonchev–Trinajstić information content (AvgIpc) is 2.39. The molecule has 2 atom stereocenters. The number of rotatable bonds is 3. The van der Waals surface area contributed by atoms with Crippen molar-refractivity contribution in [3.05, 3.63) is 24.4 Å². The fraction of sp³-hybridized carbons (Fsp3) is 0.615. The van der Waals surface area contributed by atoms with E-state index >= 15 is 0 Å². The van der Waals surface area contributed by atoms with E-state index in [0.29, 0.717) is 12.1 Å². The van der Waals surface area contributed by atoms with Crippen molar-refractivity contribution in [1.29, 1.82) is 0 Å². The van der Waals surface area contributed by atoms with Gasteiger partial charge in [-0.25, -0.2) is 4.98 Å². The molecule has 0 aromatic carbocycles. The number of piperidine rings is 1. The molecular formula is C13H21N3. The van der Waals surface area contributed by atoms with E-state index in [-0.39, 0.29) is 0 Å². The van der Waals surface area contributed by atoms with Gasteiger partial charge in [0.2, 0.25) is 0 Å². The number of nitrogens with zero attached hydrogens (tertiary/aromatic N) is 2. The number of anilines is 1. The van der Waals surface area contributed by atoms with Crippen molar-refractivity contribution < 1.29 is 0 Å². The first kappa shape index (κ1) is 11.4. The third-order valence-electron chi connectivity index (χ3n) is 3.53. The number of likely N-dealkylation sites (N-methyl/N-ethyl adjacent to an activating group) is 1. The molecule has 3 heteroatoms. The quantitative estimate of drug-likeness (QED) is 0.843. The van der Waals surface area contributed by atoms with Crippen LogP contribution in [0.4, 0.5) is 5.82 Å². The van der Waals surface area contributed by atoms with Gasteiger partial charge in [-0.05, 0) is 45.4 Å². The van der Waals surface area contributed by atoms with Gasteiger partial charge in [-0.1, -0.05) is 6.07 Å². The highest BCUT2D eigenvalue weighted by molar-refractivity contribution is 5.40. The maximum Gasteiger partial charge on any atom is 0.128 e. The summed E-state index contributed by atoms with van der Waals surface area (Å²) in [6.45, 7) is 3.39. The molecule has 2 unspecified atom stereocenters. The minimum absolute atomic E-state index is 0.516. The number of hydrogen-bond donors (Lipinski definition) is 1. The highest BCUT2D eigenvalue weighted by atomic mass is 15.2. The smallest absolute Gasteiger partial charge is 0.128 e. The van der Waals surface area contributed by atoms with Crippen LogP contribution in [0.1, 0.15) is 26.2 Å². The van der Waals surface area contributed by atoms with Gasteiger partial charge in [-0.3, -0.25) is 0 Å². The topological polar surface area (TPSA) is 28.2 Å². The van der Waals surface area contributed by atoms with Crippen molar-refractivity contribution in [2.24, 2.45) is 0 Å². The van der Waals surface area contributed by atoms with Gasteiger partial charge in [-0.15, -0.1) is 0 Å². The van der Waals surface area contributed by atoms with Gasteiger partial charge in [0.1, 0.15) is 5.82 Å². The number of nitrogens with one attached hydrogen (secondary N) is 1. The molecule has 2 rings (SSSR count). The van der Waals surface area contributed by atoms with E-state index in [9.17, 15) is 0 Å². The van der Waals surface area contributed by atoms with Crippen molar-refractivity contribution in [2.75, 3.05) is 18.5 Å².